The quantitative estimate of drug-likeness (QED) is 0.924. The number of thiazole rings is 1. The van der Waals surface area contributed by atoms with Gasteiger partial charge in [0.05, 0.1) is 12.1 Å². The maximum atomic E-state index is 12.3. The summed E-state index contributed by atoms with van der Waals surface area (Å²) < 4.78 is 0. The molecule has 3 rings (SSSR count). The number of anilines is 1. The molecule has 2 aliphatic rings. The first-order valence-corrected chi connectivity index (χ1v) is 9.21. The van der Waals surface area contributed by atoms with Gasteiger partial charge in [0.25, 0.3) is 0 Å². The Balaban J connectivity index is 1.46. The molecule has 122 valence electrons. The lowest BCUT2D eigenvalue weighted by Crippen LogP contribution is -2.49. The number of carbonyl (C=O) groups is 1. The van der Waals surface area contributed by atoms with E-state index in [1.807, 2.05) is 10.3 Å². The summed E-state index contributed by atoms with van der Waals surface area (Å²) in [4.78, 5) is 21.2. The van der Waals surface area contributed by atoms with Gasteiger partial charge in [0.1, 0.15) is 0 Å². The molecule has 5 nitrogen and oxygen atoms in total. The molecule has 0 saturated carbocycles. The number of aromatic nitrogens is 1. The first-order chi connectivity index (χ1) is 10.6. The Morgan fingerprint density at radius 2 is 1.95 bits per heavy atom. The molecule has 0 radical (unpaired) electrons. The molecular weight excluding hydrogens is 296 g/mol. The van der Waals surface area contributed by atoms with Crippen LogP contribution in [0.3, 0.4) is 0 Å². The second-order valence-electron chi connectivity index (χ2n) is 6.68. The van der Waals surface area contributed by atoms with Crippen LogP contribution in [0.25, 0.3) is 0 Å². The lowest BCUT2D eigenvalue weighted by molar-refractivity contribution is -0.132. The van der Waals surface area contributed by atoms with E-state index in [9.17, 15) is 4.79 Å². The zero-order valence-corrected chi connectivity index (χ0v) is 14.1. The Labute approximate surface area is 136 Å². The van der Waals surface area contributed by atoms with Gasteiger partial charge in [-0.2, -0.15) is 0 Å². The molecule has 0 atom stereocenters. The van der Waals surface area contributed by atoms with Gasteiger partial charge in [-0.1, -0.05) is 6.92 Å². The summed E-state index contributed by atoms with van der Waals surface area (Å²) in [5, 5.41) is 2.43. The molecule has 6 heteroatoms. The van der Waals surface area contributed by atoms with Gasteiger partial charge in [0.15, 0.2) is 5.13 Å². The van der Waals surface area contributed by atoms with E-state index in [4.69, 9.17) is 5.73 Å². The van der Waals surface area contributed by atoms with Gasteiger partial charge in [0, 0.05) is 24.5 Å². The Morgan fingerprint density at radius 1 is 1.27 bits per heavy atom. The number of likely N-dealkylation sites (tertiary alicyclic amines) is 2. The number of nitrogens with two attached hydrogens (primary N) is 1. The normalized spacial score (nSPS) is 22.1. The number of hydrogen-bond donors (Lipinski definition) is 1. The summed E-state index contributed by atoms with van der Waals surface area (Å²) in [5.41, 5.74) is 6.43. The average molecular weight is 322 g/mol. The van der Waals surface area contributed by atoms with E-state index in [1.165, 1.54) is 37.3 Å². The second kappa shape index (κ2) is 6.96. The first kappa shape index (κ1) is 15.7. The summed E-state index contributed by atoms with van der Waals surface area (Å²) in [6.07, 6.45) is 5.26. The fraction of sp³-hybridized carbons (Fsp3) is 0.750. The van der Waals surface area contributed by atoms with Crippen LogP contribution in [0.1, 0.15) is 38.3 Å². The molecule has 1 aromatic heterocycles. The highest BCUT2D eigenvalue weighted by molar-refractivity contribution is 7.13. The predicted octanol–water partition coefficient (Wildman–Crippen LogP) is 1.99. The van der Waals surface area contributed by atoms with Crippen molar-refractivity contribution in [2.24, 2.45) is 5.92 Å². The highest BCUT2D eigenvalue weighted by atomic mass is 32.1. The largest absolute Gasteiger partial charge is 0.375 e. The van der Waals surface area contributed by atoms with Crippen LogP contribution in [0, 0.1) is 5.92 Å². The molecule has 0 spiro atoms. The van der Waals surface area contributed by atoms with E-state index >= 15 is 0 Å². The Morgan fingerprint density at radius 3 is 2.55 bits per heavy atom. The van der Waals surface area contributed by atoms with Gasteiger partial charge < -0.3 is 15.5 Å². The summed E-state index contributed by atoms with van der Waals surface area (Å²) >= 11 is 1.40. The zero-order chi connectivity index (χ0) is 15.5. The van der Waals surface area contributed by atoms with E-state index in [1.54, 1.807) is 0 Å². The van der Waals surface area contributed by atoms with E-state index in [0.717, 1.165) is 37.5 Å². The van der Waals surface area contributed by atoms with Crippen LogP contribution >= 0.6 is 11.3 Å². The SMILES string of the molecule is CC1CCN(C2CCN(C(=O)Cc3csc(N)n3)CC2)CC1. The van der Waals surface area contributed by atoms with Crippen molar-refractivity contribution in [3.05, 3.63) is 11.1 Å². The van der Waals surface area contributed by atoms with Crippen molar-refractivity contribution in [3.8, 4) is 0 Å². The molecule has 2 saturated heterocycles. The fourth-order valence-electron chi connectivity index (χ4n) is 3.54. The highest BCUT2D eigenvalue weighted by Gasteiger charge is 2.28. The third-order valence-electron chi connectivity index (χ3n) is 5.05. The van der Waals surface area contributed by atoms with Crippen molar-refractivity contribution in [2.75, 3.05) is 31.9 Å². The molecule has 22 heavy (non-hydrogen) atoms. The smallest absolute Gasteiger partial charge is 0.228 e. The van der Waals surface area contributed by atoms with Crippen molar-refractivity contribution in [1.82, 2.24) is 14.8 Å². The van der Waals surface area contributed by atoms with Crippen LogP contribution in [-0.4, -0.2) is 52.9 Å². The zero-order valence-electron chi connectivity index (χ0n) is 13.3. The van der Waals surface area contributed by atoms with E-state index in [0.29, 0.717) is 17.6 Å². The van der Waals surface area contributed by atoms with Crippen LogP contribution in [0.5, 0.6) is 0 Å². The van der Waals surface area contributed by atoms with Gasteiger partial charge in [-0.15, -0.1) is 11.3 Å². The van der Waals surface area contributed by atoms with Crippen LogP contribution in [-0.2, 0) is 11.2 Å². The number of carbonyl (C=O) groups excluding carboxylic acids is 1. The molecule has 1 amide bonds. The van der Waals surface area contributed by atoms with Crippen LogP contribution in [0.15, 0.2) is 5.38 Å². The molecule has 0 unspecified atom stereocenters. The van der Waals surface area contributed by atoms with Crippen molar-refractivity contribution in [3.63, 3.8) is 0 Å². The van der Waals surface area contributed by atoms with E-state index < -0.39 is 0 Å². The van der Waals surface area contributed by atoms with Crippen molar-refractivity contribution in [2.45, 2.75) is 45.1 Å². The molecule has 0 aromatic carbocycles. The molecule has 0 aliphatic carbocycles. The number of rotatable bonds is 3. The number of amides is 1. The van der Waals surface area contributed by atoms with E-state index in [-0.39, 0.29) is 5.91 Å². The molecule has 2 N–H and O–H groups in total. The van der Waals surface area contributed by atoms with Gasteiger partial charge in [-0.05, 0) is 44.7 Å². The van der Waals surface area contributed by atoms with Gasteiger partial charge >= 0.3 is 0 Å². The maximum absolute atomic E-state index is 12.3. The summed E-state index contributed by atoms with van der Waals surface area (Å²) in [6.45, 7) is 6.59. The van der Waals surface area contributed by atoms with E-state index in [2.05, 4.69) is 16.8 Å². The minimum absolute atomic E-state index is 0.191. The minimum atomic E-state index is 0.191. The standard InChI is InChI=1S/C16H26N4OS/c1-12-2-6-19(7-3-12)14-4-8-20(9-5-14)15(21)10-13-11-22-16(17)18-13/h11-12,14H,2-10H2,1H3,(H2,17,18). The van der Waals surface area contributed by atoms with Gasteiger partial charge in [-0.25, -0.2) is 4.98 Å². The Kier molecular flexibility index (Phi) is 4.98. The van der Waals surface area contributed by atoms with Crippen molar-refractivity contribution >= 4 is 22.4 Å². The Hall–Kier alpha value is -1.14. The maximum Gasteiger partial charge on any atom is 0.228 e. The summed E-state index contributed by atoms with van der Waals surface area (Å²) in [6, 6.07) is 0.673. The van der Waals surface area contributed by atoms with Crippen molar-refractivity contribution < 1.29 is 4.79 Å². The monoisotopic (exact) mass is 322 g/mol. The lowest BCUT2D eigenvalue weighted by atomic mass is 9.95. The first-order valence-electron chi connectivity index (χ1n) is 8.33. The highest BCUT2D eigenvalue weighted by Crippen LogP contribution is 2.24. The van der Waals surface area contributed by atoms with Crippen LogP contribution in [0.4, 0.5) is 5.13 Å². The third-order valence-corrected chi connectivity index (χ3v) is 5.78. The number of piperidine rings is 2. The topological polar surface area (TPSA) is 62.5 Å². The molecule has 1 aromatic rings. The summed E-state index contributed by atoms with van der Waals surface area (Å²) in [5.74, 6) is 1.07. The fourth-order valence-corrected chi connectivity index (χ4v) is 4.11. The molecule has 0 bridgehead atoms. The van der Waals surface area contributed by atoms with Crippen LogP contribution < -0.4 is 5.73 Å². The number of nitrogen functional groups attached to an aromatic ring is 1. The minimum Gasteiger partial charge on any atom is -0.375 e. The number of hydrogen-bond acceptors (Lipinski definition) is 5. The summed E-state index contributed by atoms with van der Waals surface area (Å²) in [7, 11) is 0. The van der Waals surface area contributed by atoms with Crippen molar-refractivity contribution in [1.29, 1.82) is 0 Å². The molecule has 3 heterocycles. The van der Waals surface area contributed by atoms with Gasteiger partial charge in [0.2, 0.25) is 5.91 Å². The molecular formula is C16H26N4OS. The molecule has 2 fully saturated rings. The average Bonchev–Trinajstić information content (AvgIpc) is 2.93. The third kappa shape index (κ3) is 3.79. The Bertz CT molecular complexity index is 502. The van der Waals surface area contributed by atoms with Gasteiger partial charge in [-0.3, -0.25) is 4.79 Å². The number of nitrogens with zero attached hydrogens (tertiary/aromatic N) is 3. The lowest BCUT2D eigenvalue weighted by Gasteiger charge is -2.41. The molecule has 2 aliphatic heterocycles. The second-order valence-corrected chi connectivity index (χ2v) is 7.57. The predicted molar refractivity (Wildman–Crippen MR) is 89.8 cm³/mol. The van der Waals surface area contributed by atoms with Crippen LogP contribution in [0.2, 0.25) is 0 Å².